The van der Waals surface area contributed by atoms with Gasteiger partial charge < -0.3 is 0 Å². The van der Waals surface area contributed by atoms with Gasteiger partial charge in [0.05, 0.1) is 11.0 Å². The van der Waals surface area contributed by atoms with Crippen LogP contribution in [0.4, 0.5) is 0 Å². The number of sulfone groups is 1. The fourth-order valence-corrected chi connectivity index (χ4v) is 5.04. The molecule has 1 aliphatic rings. The van der Waals surface area contributed by atoms with Crippen molar-refractivity contribution in [3.05, 3.63) is 35.9 Å². The Hall–Kier alpha value is -1.16. The van der Waals surface area contributed by atoms with Crippen molar-refractivity contribution in [3.8, 4) is 0 Å². The van der Waals surface area contributed by atoms with Crippen LogP contribution in [-0.2, 0) is 9.84 Å². The van der Waals surface area contributed by atoms with E-state index in [0.717, 1.165) is 32.1 Å². The SMILES string of the molecule is CC(CS(=O)(=O)C1CCCCC1)C(=O)c1ccccc1. The average Bonchev–Trinajstić information content (AvgIpc) is 2.48. The smallest absolute Gasteiger partial charge is 0.166 e. The number of ketones is 1. The van der Waals surface area contributed by atoms with Gasteiger partial charge in [-0.1, -0.05) is 56.5 Å². The summed E-state index contributed by atoms with van der Waals surface area (Å²) in [5.74, 6) is -0.569. The first-order valence-corrected chi connectivity index (χ1v) is 9.03. The third-order valence-electron chi connectivity index (χ3n) is 4.05. The average molecular weight is 294 g/mol. The third kappa shape index (κ3) is 3.69. The van der Waals surface area contributed by atoms with Crippen molar-refractivity contribution < 1.29 is 13.2 Å². The van der Waals surface area contributed by atoms with Crippen molar-refractivity contribution in [2.45, 2.75) is 44.3 Å². The summed E-state index contributed by atoms with van der Waals surface area (Å²) in [5, 5.41) is -0.234. The van der Waals surface area contributed by atoms with E-state index >= 15 is 0 Å². The van der Waals surface area contributed by atoms with Gasteiger partial charge in [-0.15, -0.1) is 0 Å². The first-order valence-electron chi connectivity index (χ1n) is 7.31. The normalized spacial score (nSPS) is 18.6. The topological polar surface area (TPSA) is 51.2 Å². The number of hydrogen-bond donors (Lipinski definition) is 0. The van der Waals surface area contributed by atoms with Gasteiger partial charge in [-0.2, -0.15) is 0 Å². The zero-order valence-electron chi connectivity index (χ0n) is 11.9. The van der Waals surface area contributed by atoms with Crippen LogP contribution in [0.5, 0.6) is 0 Å². The maximum absolute atomic E-state index is 12.4. The quantitative estimate of drug-likeness (QED) is 0.783. The van der Waals surface area contributed by atoms with E-state index in [1.807, 2.05) is 6.07 Å². The van der Waals surface area contributed by atoms with Gasteiger partial charge in [0, 0.05) is 11.5 Å². The molecule has 0 radical (unpaired) electrons. The summed E-state index contributed by atoms with van der Waals surface area (Å²) in [6.45, 7) is 1.72. The lowest BCUT2D eigenvalue weighted by molar-refractivity contribution is 0.0940. The van der Waals surface area contributed by atoms with Gasteiger partial charge in [0.15, 0.2) is 15.6 Å². The number of benzene rings is 1. The van der Waals surface area contributed by atoms with Crippen LogP contribution in [0.15, 0.2) is 30.3 Å². The van der Waals surface area contributed by atoms with Crippen molar-refractivity contribution in [1.29, 1.82) is 0 Å². The Morgan fingerprint density at radius 3 is 2.35 bits per heavy atom. The van der Waals surface area contributed by atoms with E-state index in [9.17, 15) is 13.2 Å². The summed E-state index contributed by atoms with van der Waals surface area (Å²) < 4.78 is 24.8. The monoisotopic (exact) mass is 294 g/mol. The molecule has 0 N–H and O–H groups in total. The lowest BCUT2D eigenvalue weighted by Crippen LogP contribution is -2.31. The van der Waals surface area contributed by atoms with E-state index < -0.39 is 15.8 Å². The maximum Gasteiger partial charge on any atom is 0.166 e. The largest absolute Gasteiger partial charge is 0.294 e. The molecule has 1 atom stereocenters. The predicted molar refractivity (Wildman–Crippen MR) is 80.6 cm³/mol. The second-order valence-corrected chi connectivity index (χ2v) is 8.05. The molecule has 1 aliphatic carbocycles. The summed E-state index contributed by atoms with van der Waals surface area (Å²) in [6, 6.07) is 8.93. The molecule has 0 aliphatic heterocycles. The summed E-state index contributed by atoms with van der Waals surface area (Å²) in [5.41, 5.74) is 0.596. The van der Waals surface area contributed by atoms with Crippen LogP contribution >= 0.6 is 0 Å². The van der Waals surface area contributed by atoms with E-state index in [2.05, 4.69) is 0 Å². The van der Waals surface area contributed by atoms with Gasteiger partial charge >= 0.3 is 0 Å². The molecule has 0 spiro atoms. The second kappa shape index (κ2) is 6.53. The Morgan fingerprint density at radius 2 is 1.75 bits per heavy atom. The minimum Gasteiger partial charge on any atom is -0.294 e. The first kappa shape index (κ1) is 15.2. The van der Waals surface area contributed by atoms with E-state index in [0.29, 0.717) is 5.56 Å². The van der Waals surface area contributed by atoms with Crippen LogP contribution in [0.25, 0.3) is 0 Å². The van der Waals surface area contributed by atoms with Crippen molar-refractivity contribution in [1.82, 2.24) is 0 Å². The minimum absolute atomic E-state index is 0.0224. The Labute approximate surface area is 121 Å². The lowest BCUT2D eigenvalue weighted by Gasteiger charge is -2.23. The van der Waals surface area contributed by atoms with Crippen LogP contribution in [0.2, 0.25) is 0 Å². The molecule has 2 rings (SSSR count). The zero-order valence-corrected chi connectivity index (χ0v) is 12.7. The number of carbonyl (C=O) groups excluding carboxylic acids is 1. The van der Waals surface area contributed by atoms with Crippen molar-refractivity contribution >= 4 is 15.6 Å². The van der Waals surface area contributed by atoms with Crippen LogP contribution in [0.3, 0.4) is 0 Å². The fourth-order valence-electron chi connectivity index (χ4n) is 2.87. The van der Waals surface area contributed by atoms with Crippen molar-refractivity contribution in [2.75, 3.05) is 5.75 Å². The van der Waals surface area contributed by atoms with Crippen molar-refractivity contribution in [3.63, 3.8) is 0 Å². The zero-order chi connectivity index (χ0) is 14.6. The van der Waals surface area contributed by atoms with E-state index in [-0.39, 0.29) is 16.8 Å². The third-order valence-corrected chi connectivity index (χ3v) is 6.50. The van der Waals surface area contributed by atoms with Crippen LogP contribution < -0.4 is 0 Å². The Kier molecular flexibility index (Phi) is 4.97. The van der Waals surface area contributed by atoms with Gasteiger partial charge in [0.2, 0.25) is 0 Å². The van der Waals surface area contributed by atoms with Crippen LogP contribution in [0, 0.1) is 5.92 Å². The fraction of sp³-hybridized carbons (Fsp3) is 0.562. The first-order chi connectivity index (χ1) is 9.50. The molecule has 3 nitrogen and oxygen atoms in total. The van der Waals surface area contributed by atoms with Crippen LogP contribution in [0.1, 0.15) is 49.4 Å². The standard InChI is InChI=1S/C16H22O3S/c1-13(16(17)14-8-4-2-5-9-14)12-20(18,19)15-10-6-3-7-11-15/h2,4-5,8-9,13,15H,3,6-7,10-12H2,1H3. The molecule has 1 unspecified atom stereocenters. The summed E-state index contributed by atoms with van der Waals surface area (Å²) in [7, 11) is -3.16. The highest BCUT2D eigenvalue weighted by molar-refractivity contribution is 7.92. The van der Waals surface area contributed by atoms with Gasteiger partial charge in [-0.25, -0.2) is 8.42 Å². The van der Waals surface area contributed by atoms with Crippen molar-refractivity contribution in [2.24, 2.45) is 5.92 Å². The van der Waals surface area contributed by atoms with E-state index in [4.69, 9.17) is 0 Å². The number of rotatable bonds is 5. The highest BCUT2D eigenvalue weighted by Crippen LogP contribution is 2.25. The molecule has 0 saturated heterocycles. The van der Waals surface area contributed by atoms with E-state index in [1.54, 1.807) is 31.2 Å². The van der Waals surface area contributed by atoms with Gasteiger partial charge in [-0.3, -0.25) is 4.79 Å². The molecular weight excluding hydrogens is 272 g/mol. The van der Waals surface area contributed by atoms with Gasteiger partial charge in [0.1, 0.15) is 0 Å². The molecule has 20 heavy (non-hydrogen) atoms. The molecule has 1 saturated carbocycles. The maximum atomic E-state index is 12.4. The molecule has 0 aromatic heterocycles. The predicted octanol–water partition coefficient (Wildman–Crippen LogP) is 3.25. The second-order valence-electron chi connectivity index (χ2n) is 5.72. The molecular formula is C16H22O3S. The molecule has 1 aromatic carbocycles. The Balaban J connectivity index is 2.03. The molecule has 0 heterocycles. The molecule has 0 bridgehead atoms. The number of hydrogen-bond acceptors (Lipinski definition) is 3. The molecule has 4 heteroatoms. The summed E-state index contributed by atoms with van der Waals surface area (Å²) >= 11 is 0. The molecule has 1 aromatic rings. The Bertz CT molecular complexity index is 542. The van der Waals surface area contributed by atoms with Gasteiger partial charge in [-0.05, 0) is 12.8 Å². The highest BCUT2D eigenvalue weighted by atomic mass is 32.2. The van der Waals surface area contributed by atoms with Gasteiger partial charge in [0.25, 0.3) is 0 Å². The lowest BCUT2D eigenvalue weighted by atomic mass is 10.0. The summed E-state index contributed by atoms with van der Waals surface area (Å²) in [6.07, 6.45) is 4.63. The number of Topliss-reactive ketones (excluding diaryl/α,β-unsaturated/α-hetero) is 1. The van der Waals surface area contributed by atoms with Crippen LogP contribution in [-0.4, -0.2) is 25.2 Å². The summed E-state index contributed by atoms with van der Waals surface area (Å²) in [4.78, 5) is 12.2. The minimum atomic E-state index is -3.16. The number of carbonyl (C=O) groups is 1. The van der Waals surface area contributed by atoms with E-state index in [1.165, 1.54) is 0 Å². The molecule has 0 amide bonds. The Morgan fingerprint density at radius 1 is 1.15 bits per heavy atom. The highest BCUT2D eigenvalue weighted by Gasteiger charge is 2.30. The molecule has 110 valence electrons. The molecule has 1 fully saturated rings.